The van der Waals surface area contributed by atoms with E-state index in [0.717, 1.165) is 17.8 Å². The summed E-state index contributed by atoms with van der Waals surface area (Å²) in [4.78, 5) is 16.8. The first-order valence-corrected chi connectivity index (χ1v) is 8.98. The van der Waals surface area contributed by atoms with Crippen molar-refractivity contribution < 1.29 is 9.21 Å². The number of aromatic nitrogens is 1. The van der Waals surface area contributed by atoms with E-state index in [9.17, 15) is 4.79 Å². The van der Waals surface area contributed by atoms with E-state index in [-0.39, 0.29) is 11.3 Å². The molecule has 0 saturated heterocycles. The van der Waals surface area contributed by atoms with E-state index in [1.54, 1.807) is 11.6 Å². The molecule has 122 valence electrons. The number of nitrogens with one attached hydrogen (secondary N) is 1. The minimum Gasteiger partial charge on any atom is -0.462 e. The van der Waals surface area contributed by atoms with Gasteiger partial charge in [-0.15, -0.1) is 11.3 Å². The number of amides is 1. The van der Waals surface area contributed by atoms with E-state index in [4.69, 9.17) is 4.42 Å². The van der Waals surface area contributed by atoms with Crippen molar-refractivity contribution in [2.45, 2.75) is 24.7 Å². The van der Waals surface area contributed by atoms with Crippen LogP contribution in [0.2, 0.25) is 0 Å². The number of carbonyl (C=O) groups is 1. The van der Waals surface area contributed by atoms with E-state index in [0.29, 0.717) is 18.0 Å². The second-order valence-corrected chi connectivity index (χ2v) is 7.06. The van der Waals surface area contributed by atoms with Gasteiger partial charge >= 0.3 is 0 Å². The van der Waals surface area contributed by atoms with Gasteiger partial charge in [0.25, 0.3) is 5.91 Å². The van der Waals surface area contributed by atoms with Crippen LogP contribution in [-0.2, 0) is 5.41 Å². The van der Waals surface area contributed by atoms with Gasteiger partial charge in [0.05, 0.1) is 6.26 Å². The Balaban J connectivity index is 1.45. The molecule has 4 nitrogen and oxygen atoms in total. The Kier molecular flexibility index (Phi) is 3.94. The van der Waals surface area contributed by atoms with Crippen molar-refractivity contribution in [1.29, 1.82) is 0 Å². The molecular formula is C19H18N2O2S. The predicted molar refractivity (Wildman–Crippen MR) is 94.1 cm³/mol. The fraction of sp³-hybridized carbons (Fsp3) is 0.263. The molecule has 1 aromatic carbocycles. The number of hydrogen-bond donors (Lipinski definition) is 1. The van der Waals surface area contributed by atoms with Crippen LogP contribution in [0.15, 0.2) is 58.5 Å². The van der Waals surface area contributed by atoms with Crippen molar-refractivity contribution in [3.8, 4) is 10.8 Å². The van der Waals surface area contributed by atoms with Crippen molar-refractivity contribution >= 4 is 17.2 Å². The van der Waals surface area contributed by atoms with Crippen LogP contribution in [0.25, 0.3) is 10.8 Å². The second kappa shape index (κ2) is 6.24. The van der Waals surface area contributed by atoms with Crippen LogP contribution >= 0.6 is 11.3 Å². The molecule has 24 heavy (non-hydrogen) atoms. The Morgan fingerprint density at radius 3 is 2.71 bits per heavy atom. The Hall–Kier alpha value is -2.40. The summed E-state index contributed by atoms with van der Waals surface area (Å²) in [5.41, 5.74) is 1.84. The van der Waals surface area contributed by atoms with Crippen LogP contribution in [0.1, 0.15) is 35.3 Å². The number of rotatable bonds is 5. The summed E-state index contributed by atoms with van der Waals surface area (Å²) in [5, 5.41) is 5.58. The molecule has 2 aromatic heterocycles. The highest BCUT2D eigenvalue weighted by Gasteiger charge is 2.38. The maximum absolute atomic E-state index is 12.4. The molecule has 2 heterocycles. The van der Waals surface area contributed by atoms with Gasteiger partial charge in [-0.3, -0.25) is 4.79 Å². The largest absolute Gasteiger partial charge is 0.462 e. The van der Waals surface area contributed by atoms with Crippen molar-refractivity contribution in [2.75, 3.05) is 6.54 Å². The van der Waals surface area contributed by atoms with Gasteiger partial charge in [-0.2, -0.15) is 0 Å². The van der Waals surface area contributed by atoms with Crippen LogP contribution in [-0.4, -0.2) is 17.4 Å². The first-order valence-electron chi connectivity index (χ1n) is 8.10. The zero-order valence-corrected chi connectivity index (χ0v) is 14.0. The van der Waals surface area contributed by atoms with Crippen molar-refractivity contribution in [1.82, 2.24) is 10.3 Å². The van der Waals surface area contributed by atoms with Crippen LogP contribution in [0, 0.1) is 0 Å². The normalized spacial score (nSPS) is 15.7. The molecule has 1 saturated carbocycles. The third-order valence-electron chi connectivity index (χ3n) is 4.75. The second-order valence-electron chi connectivity index (χ2n) is 6.20. The zero-order chi connectivity index (χ0) is 16.4. The third kappa shape index (κ3) is 2.76. The Morgan fingerprint density at radius 1 is 1.21 bits per heavy atom. The van der Waals surface area contributed by atoms with E-state index >= 15 is 0 Å². The summed E-state index contributed by atoms with van der Waals surface area (Å²) in [7, 11) is 0. The Labute approximate surface area is 144 Å². The molecule has 5 heteroatoms. The molecule has 3 aromatic rings. The Morgan fingerprint density at radius 2 is 2.04 bits per heavy atom. The highest BCUT2D eigenvalue weighted by Crippen LogP contribution is 2.43. The van der Waals surface area contributed by atoms with Gasteiger partial charge in [0.15, 0.2) is 10.8 Å². The number of benzene rings is 1. The Bertz CT molecular complexity index is 820. The number of hydrogen-bond acceptors (Lipinski definition) is 4. The lowest BCUT2D eigenvalue weighted by Crippen LogP contribution is -2.45. The van der Waals surface area contributed by atoms with Gasteiger partial charge in [-0.25, -0.2) is 4.98 Å². The summed E-state index contributed by atoms with van der Waals surface area (Å²) < 4.78 is 5.33. The summed E-state index contributed by atoms with van der Waals surface area (Å²) >= 11 is 1.42. The van der Waals surface area contributed by atoms with Crippen LogP contribution < -0.4 is 5.32 Å². The van der Waals surface area contributed by atoms with Crippen LogP contribution in [0.5, 0.6) is 0 Å². The monoisotopic (exact) mass is 338 g/mol. The summed E-state index contributed by atoms with van der Waals surface area (Å²) in [6.07, 6.45) is 5.05. The number of carbonyl (C=O) groups excluding carboxylic acids is 1. The minimum atomic E-state index is -0.119. The van der Waals surface area contributed by atoms with Crippen molar-refractivity contribution in [3.05, 3.63) is 65.4 Å². The maximum atomic E-state index is 12.4. The fourth-order valence-electron chi connectivity index (χ4n) is 3.19. The highest BCUT2D eigenvalue weighted by molar-refractivity contribution is 7.13. The molecule has 0 unspecified atom stereocenters. The molecule has 0 bridgehead atoms. The summed E-state index contributed by atoms with van der Waals surface area (Å²) in [6, 6.07) is 14.1. The lowest BCUT2D eigenvalue weighted by Gasteiger charge is -2.42. The molecule has 1 aliphatic carbocycles. The van der Waals surface area contributed by atoms with E-state index in [1.807, 2.05) is 18.2 Å². The first kappa shape index (κ1) is 15.1. The molecule has 4 rings (SSSR count). The van der Waals surface area contributed by atoms with Crippen LogP contribution in [0.4, 0.5) is 0 Å². The van der Waals surface area contributed by atoms with Gasteiger partial charge in [0.1, 0.15) is 5.69 Å². The van der Waals surface area contributed by atoms with Gasteiger partial charge in [0, 0.05) is 17.3 Å². The number of nitrogens with zero attached hydrogens (tertiary/aromatic N) is 1. The molecule has 0 aliphatic heterocycles. The van der Waals surface area contributed by atoms with Crippen LogP contribution in [0.3, 0.4) is 0 Å². The van der Waals surface area contributed by atoms with Crippen molar-refractivity contribution in [3.63, 3.8) is 0 Å². The topological polar surface area (TPSA) is 55.1 Å². The first-order chi connectivity index (χ1) is 11.8. The fourth-order valence-corrected chi connectivity index (χ4v) is 3.96. The van der Waals surface area contributed by atoms with Crippen molar-refractivity contribution in [2.24, 2.45) is 0 Å². The van der Waals surface area contributed by atoms with Gasteiger partial charge in [0.2, 0.25) is 0 Å². The molecule has 0 spiro atoms. The lowest BCUT2D eigenvalue weighted by molar-refractivity contribution is 0.0923. The number of thiazole rings is 1. The molecule has 1 fully saturated rings. The molecule has 0 radical (unpaired) electrons. The average Bonchev–Trinajstić information content (AvgIpc) is 3.26. The SMILES string of the molecule is O=C(NCC1(c2ccccc2)CCC1)c1csc(-c2ccco2)n1. The molecular weight excluding hydrogens is 320 g/mol. The average molecular weight is 338 g/mol. The quantitative estimate of drug-likeness (QED) is 0.756. The van der Waals surface area contributed by atoms with Gasteiger partial charge in [-0.05, 0) is 30.5 Å². The molecule has 0 atom stereocenters. The van der Waals surface area contributed by atoms with E-state index in [2.05, 4.69) is 34.6 Å². The highest BCUT2D eigenvalue weighted by atomic mass is 32.1. The zero-order valence-electron chi connectivity index (χ0n) is 13.2. The van der Waals surface area contributed by atoms with E-state index < -0.39 is 0 Å². The third-order valence-corrected chi connectivity index (χ3v) is 5.61. The lowest BCUT2D eigenvalue weighted by atomic mass is 9.64. The summed E-state index contributed by atoms with van der Waals surface area (Å²) in [5.74, 6) is 0.574. The van der Waals surface area contributed by atoms with Gasteiger partial charge in [-0.1, -0.05) is 36.8 Å². The predicted octanol–water partition coefficient (Wildman–Crippen LogP) is 4.25. The summed E-state index contributed by atoms with van der Waals surface area (Å²) in [6.45, 7) is 0.656. The standard InChI is InChI=1S/C19H18N2O2S/c22-17(15-12-24-18(21-15)16-8-4-11-23-16)20-13-19(9-5-10-19)14-6-2-1-3-7-14/h1-4,6-8,11-12H,5,9-10,13H2,(H,20,22). The van der Waals surface area contributed by atoms with E-state index in [1.165, 1.54) is 23.3 Å². The van der Waals surface area contributed by atoms with Gasteiger partial charge < -0.3 is 9.73 Å². The molecule has 1 aliphatic rings. The smallest absolute Gasteiger partial charge is 0.270 e. The molecule has 1 amide bonds. The minimum absolute atomic E-state index is 0.0801. The number of furan rings is 1. The maximum Gasteiger partial charge on any atom is 0.270 e. The molecule has 1 N–H and O–H groups in total.